The fourth-order valence-electron chi connectivity index (χ4n) is 2.78. The highest BCUT2D eigenvalue weighted by Crippen LogP contribution is 2.35. The number of nitrogens with zero attached hydrogens (tertiary/aromatic N) is 1. The van der Waals surface area contributed by atoms with E-state index >= 15 is 0 Å². The molecule has 2 aromatic carbocycles. The number of benzene rings is 2. The lowest BCUT2D eigenvalue weighted by Gasteiger charge is -2.26. The molecule has 0 spiro atoms. The van der Waals surface area contributed by atoms with E-state index in [1.807, 2.05) is 6.07 Å². The van der Waals surface area contributed by atoms with Gasteiger partial charge in [0.1, 0.15) is 17.4 Å². The minimum Gasteiger partial charge on any atom is -0.491 e. The van der Waals surface area contributed by atoms with Gasteiger partial charge in [0.05, 0.1) is 18.2 Å². The summed E-state index contributed by atoms with van der Waals surface area (Å²) in [5.74, 6) is 0.150. The van der Waals surface area contributed by atoms with Crippen LogP contribution in [-0.4, -0.2) is 55.4 Å². The van der Waals surface area contributed by atoms with Crippen LogP contribution in [0.5, 0.6) is 5.75 Å². The molecule has 2 N–H and O–H groups in total. The average Bonchev–Trinajstić information content (AvgIpc) is 2.72. The summed E-state index contributed by atoms with van der Waals surface area (Å²) < 4.78 is 11.2. The van der Waals surface area contributed by atoms with E-state index in [4.69, 9.17) is 44.9 Å². The van der Waals surface area contributed by atoms with Gasteiger partial charge in [0.15, 0.2) is 5.11 Å². The number of amides is 1. The Balaban J connectivity index is 1.57. The summed E-state index contributed by atoms with van der Waals surface area (Å²) in [5, 5.41) is 6.38. The van der Waals surface area contributed by atoms with Gasteiger partial charge in [0.25, 0.3) is 5.91 Å². The van der Waals surface area contributed by atoms with Gasteiger partial charge in [-0.25, -0.2) is 0 Å². The van der Waals surface area contributed by atoms with Crippen LogP contribution in [0.1, 0.15) is 10.4 Å². The molecule has 0 saturated carbocycles. The van der Waals surface area contributed by atoms with Crippen LogP contribution in [0.3, 0.4) is 0 Å². The minimum atomic E-state index is -0.301. The van der Waals surface area contributed by atoms with E-state index in [2.05, 4.69) is 15.5 Å². The van der Waals surface area contributed by atoms with Crippen LogP contribution in [0.15, 0.2) is 42.5 Å². The second-order valence-electron chi connectivity index (χ2n) is 6.35. The second kappa shape index (κ2) is 10.8. The lowest BCUT2D eigenvalue weighted by Crippen LogP contribution is -2.38. The van der Waals surface area contributed by atoms with E-state index < -0.39 is 0 Å². The standard InChI is InChI=1S/C20H21Cl2N3O3S/c21-16-12-15(23-20(29)24-19(26)14-4-2-1-3-5-14)13-17(18(16)22)28-11-8-25-6-9-27-10-7-25/h1-5,12-13H,6-11H2,(H2,23,24,26,29). The van der Waals surface area contributed by atoms with E-state index in [0.29, 0.717) is 33.7 Å². The topological polar surface area (TPSA) is 62.8 Å². The molecule has 29 heavy (non-hydrogen) atoms. The fourth-order valence-corrected chi connectivity index (χ4v) is 3.36. The van der Waals surface area contributed by atoms with Gasteiger partial charge >= 0.3 is 0 Å². The van der Waals surface area contributed by atoms with Crippen molar-refractivity contribution in [2.45, 2.75) is 0 Å². The van der Waals surface area contributed by atoms with Crippen molar-refractivity contribution in [2.24, 2.45) is 0 Å². The number of ether oxygens (including phenoxy) is 2. The number of hydrogen-bond donors (Lipinski definition) is 2. The maximum absolute atomic E-state index is 12.2. The van der Waals surface area contributed by atoms with Crippen molar-refractivity contribution >= 4 is 52.1 Å². The molecule has 3 rings (SSSR count). The smallest absolute Gasteiger partial charge is 0.257 e. The van der Waals surface area contributed by atoms with Crippen LogP contribution in [0.2, 0.25) is 10.0 Å². The van der Waals surface area contributed by atoms with Gasteiger partial charge in [-0.2, -0.15) is 0 Å². The first kappa shape index (κ1) is 21.8. The predicted molar refractivity (Wildman–Crippen MR) is 119 cm³/mol. The van der Waals surface area contributed by atoms with Gasteiger partial charge in [0, 0.05) is 37.0 Å². The Labute approximate surface area is 185 Å². The van der Waals surface area contributed by atoms with Gasteiger partial charge in [0.2, 0.25) is 0 Å². The number of rotatable bonds is 6. The third-order valence-electron chi connectivity index (χ3n) is 4.28. The summed E-state index contributed by atoms with van der Waals surface area (Å²) in [5.41, 5.74) is 1.08. The summed E-state index contributed by atoms with van der Waals surface area (Å²) in [6.07, 6.45) is 0. The molecule has 1 aliphatic rings. The van der Waals surface area contributed by atoms with E-state index in [9.17, 15) is 4.79 Å². The van der Waals surface area contributed by atoms with E-state index in [-0.39, 0.29) is 11.0 Å². The molecule has 2 aromatic rings. The maximum Gasteiger partial charge on any atom is 0.257 e. The lowest BCUT2D eigenvalue weighted by atomic mass is 10.2. The summed E-state index contributed by atoms with van der Waals surface area (Å²) in [6.45, 7) is 4.47. The first-order valence-corrected chi connectivity index (χ1v) is 10.3. The largest absolute Gasteiger partial charge is 0.491 e. The van der Waals surface area contributed by atoms with Crippen LogP contribution in [0.25, 0.3) is 0 Å². The lowest BCUT2D eigenvalue weighted by molar-refractivity contribution is 0.0322. The maximum atomic E-state index is 12.2. The fraction of sp³-hybridized carbons (Fsp3) is 0.300. The zero-order valence-electron chi connectivity index (χ0n) is 15.6. The molecule has 6 nitrogen and oxygen atoms in total. The number of thiocarbonyl (C=S) groups is 1. The number of hydrogen-bond acceptors (Lipinski definition) is 5. The van der Waals surface area contributed by atoms with Crippen molar-refractivity contribution in [1.82, 2.24) is 10.2 Å². The van der Waals surface area contributed by atoms with Crippen molar-refractivity contribution in [1.29, 1.82) is 0 Å². The van der Waals surface area contributed by atoms with E-state index in [0.717, 1.165) is 32.8 Å². The van der Waals surface area contributed by atoms with Gasteiger partial charge < -0.3 is 14.8 Å². The molecule has 1 aliphatic heterocycles. The van der Waals surface area contributed by atoms with Crippen LogP contribution in [-0.2, 0) is 4.74 Å². The van der Waals surface area contributed by atoms with Crippen molar-refractivity contribution in [3.05, 3.63) is 58.1 Å². The second-order valence-corrected chi connectivity index (χ2v) is 7.54. The van der Waals surface area contributed by atoms with Crippen molar-refractivity contribution in [3.8, 4) is 5.75 Å². The number of carbonyl (C=O) groups excluding carboxylic acids is 1. The molecule has 9 heteroatoms. The first-order chi connectivity index (χ1) is 14.0. The minimum absolute atomic E-state index is 0.150. The zero-order chi connectivity index (χ0) is 20.6. The van der Waals surface area contributed by atoms with Crippen molar-refractivity contribution in [2.75, 3.05) is 44.8 Å². The molecule has 1 amide bonds. The highest BCUT2D eigenvalue weighted by atomic mass is 35.5. The number of halogens is 2. The molecule has 0 bridgehead atoms. The molecule has 1 saturated heterocycles. The molecular weight excluding hydrogens is 433 g/mol. The molecule has 154 valence electrons. The summed E-state index contributed by atoms with van der Waals surface area (Å²) >= 11 is 17.7. The quantitative estimate of drug-likeness (QED) is 0.647. The number of morpholine rings is 1. The third-order valence-corrected chi connectivity index (χ3v) is 5.27. The highest BCUT2D eigenvalue weighted by molar-refractivity contribution is 7.80. The Morgan fingerprint density at radius 1 is 1.17 bits per heavy atom. The van der Waals surface area contributed by atoms with E-state index in [1.165, 1.54) is 0 Å². The summed E-state index contributed by atoms with van der Waals surface area (Å²) in [7, 11) is 0. The Bertz CT molecular complexity index is 862. The van der Waals surface area contributed by atoms with Crippen LogP contribution < -0.4 is 15.4 Å². The van der Waals surface area contributed by atoms with Gasteiger partial charge in [-0.3, -0.25) is 15.0 Å². The molecule has 1 heterocycles. The van der Waals surface area contributed by atoms with Crippen LogP contribution >= 0.6 is 35.4 Å². The Morgan fingerprint density at radius 2 is 1.90 bits per heavy atom. The average molecular weight is 454 g/mol. The van der Waals surface area contributed by atoms with E-state index in [1.54, 1.807) is 36.4 Å². The molecule has 1 fully saturated rings. The zero-order valence-corrected chi connectivity index (χ0v) is 17.9. The normalized spacial score (nSPS) is 14.3. The molecule has 0 aliphatic carbocycles. The molecule has 0 aromatic heterocycles. The Kier molecular flexibility index (Phi) is 8.09. The molecule has 0 radical (unpaired) electrons. The van der Waals surface area contributed by atoms with Gasteiger partial charge in [-0.15, -0.1) is 0 Å². The van der Waals surface area contributed by atoms with Gasteiger partial charge in [-0.05, 0) is 30.4 Å². The first-order valence-electron chi connectivity index (χ1n) is 9.12. The Hall–Kier alpha value is -1.90. The number of carbonyl (C=O) groups is 1. The molecular formula is C20H21Cl2N3O3S. The van der Waals surface area contributed by atoms with Crippen molar-refractivity contribution < 1.29 is 14.3 Å². The molecule has 0 atom stereocenters. The van der Waals surface area contributed by atoms with Gasteiger partial charge in [-0.1, -0.05) is 41.4 Å². The predicted octanol–water partition coefficient (Wildman–Crippen LogP) is 3.83. The monoisotopic (exact) mass is 453 g/mol. The number of nitrogens with one attached hydrogen (secondary N) is 2. The summed E-state index contributed by atoms with van der Waals surface area (Å²) in [4.78, 5) is 14.5. The van der Waals surface area contributed by atoms with Crippen LogP contribution in [0.4, 0.5) is 5.69 Å². The SMILES string of the molecule is O=C(NC(=S)Nc1cc(Cl)c(Cl)c(OCCN2CCOCC2)c1)c1ccccc1. The third kappa shape index (κ3) is 6.55. The number of anilines is 1. The highest BCUT2D eigenvalue weighted by Gasteiger charge is 2.14. The Morgan fingerprint density at radius 3 is 2.62 bits per heavy atom. The van der Waals surface area contributed by atoms with Crippen molar-refractivity contribution in [3.63, 3.8) is 0 Å². The van der Waals surface area contributed by atoms with Crippen LogP contribution in [0, 0.1) is 0 Å². The summed E-state index contributed by atoms with van der Waals surface area (Å²) in [6, 6.07) is 12.1. The molecule has 0 unspecified atom stereocenters.